The Kier molecular flexibility index (Phi) is 10.4. The molecule has 8 heteroatoms. The van der Waals surface area contributed by atoms with Crippen LogP contribution in [0, 0.1) is 5.41 Å². The fraction of sp³-hybridized carbons (Fsp3) is 0.571. The maximum Gasteiger partial charge on any atom is 0.0634 e. The molecule has 0 bridgehead atoms. The first-order valence-electron chi connectivity index (χ1n) is 13.4. The third-order valence-electron chi connectivity index (χ3n) is 7.58. The molecule has 1 unspecified atom stereocenters. The van der Waals surface area contributed by atoms with E-state index in [1.54, 1.807) is 11.9 Å². The van der Waals surface area contributed by atoms with Crippen LogP contribution in [0.1, 0.15) is 24.8 Å². The molecule has 5 aliphatic heterocycles. The molecule has 2 aromatic rings. The van der Waals surface area contributed by atoms with Crippen molar-refractivity contribution in [3.05, 3.63) is 54.1 Å². The molecule has 3 N–H and O–H groups in total. The second kappa shape index (κ2) is 13.9. The van der Waals surface area contributed by atoms with Gasteiger partial charge in [0.15, 0.2) is 0 Å². The first kappa shape index (κ1) is 26.9. The van der Waals surface area contributed by atoms with Gasteiger partial charge in [0.25, 0.3) is 0 Å². The number of thioether (sulfide) groups is 2. The minimum Gasteiger partial charge on any atom is -0.378 e. The van der Waals surface area contributed by atoms with E-state index in [4.69, 9.17) is 4.74 Å². The summed E-state index contributed by atoms with van der Waals surface area (Å²) in [4.78, 5) is 6.80. The number of ether oxygens (including phenoxy) is 1. The third kappa shape index (κ3) is 7.44. The molecule has 1 aliphatic carbocycles. The van der Waals surface area contributed by atoms with Crippen LogP contribution in [-0.4, -0.2) is 74.9 Å². The molecule has 8 rings (SSSR count). The van der Waals surface area contributed by atoms with E-state index in [0.29, 0.717) is 6.04 Å². The highest BCUT2D eigenvalue weighted by Crippen LogP contribution is 2.43. The standard InChI is InChI=1S/C8H8S2.C7H14N2O.C7H7NS.C6H11N/c1-2-4-8-7(3-1)9-5-6-10-8;1-2-9-3-4-10-6-7(9)5-8-1;1-2-4-7-6(3-1)5-8-9-7;1-2-6(3-1)4-7-5-6/h1-4H,5-6H2;7-8H,1-6H2;1-4,8H,5H2;7H,1-5H2. The number of nitrogens with zero attached hydrogens (tertiary/aromatic N) is 1. The number of hydrogen-bond acceptors (Lipinski definition) is 8. The predicted octanol–water partition coefficient (Wildman–Crippen LogP) is 4.73. The van der Waals surface area contributed by atoms with Crippen molar-refractivity contribution in [2.45, 2.75) is 46.5 Å². The van der Waals surface area contributed by atoms with Crippen molar-refractivity contribution in [1.82, 2.24) is 20.3 Å². The molecular weight excluding hydrogens is 505 g/mol. The highest BCUT2D eigenvalue weighted by molar-refractivity contribution is 8.05. The van der Waals surface area contributed by atoms with E-state index in [2.05, 4.69) is 68.8 Å². The van der Waals surface area contributed by atoms with Crippen molar-refractivity contribution in [2.24, 2.45) is 5.41 Å². The zero-order valence-electron chi connectivity index (χ0n) is 21.2. The van der Waals surface area contributed by atoms with Gasteiger partial charge in [-0.15, -0.1) is 23.5 Å². The fourth-order valence-corrected chi connectivity index (χ4v) is 8.14. The molecule has 5 nitrogen and oxygen atoms in total. The van der Waals surface area contributed by atoms with Crippen LogP contribution in [0.25, 0.3) is 0 Å². The number of piperazine rings is 1. The van der Waals surface area contributed by atoms with Gasteiger partial charge >= 0.3 is 0 Å². The number of nitrogens with one attached hydrogen (secondary N) is 3. The van der Waals surface area contributed by atoms with Gasteiger partial charge in [-0.25, -0.2) is 0 Å². The minimum absolute atomic E-state index is 0.655. The van der Waals surface area contributed by atoms with Crippen LogP contribution in [0.15, 0.2) is 63.2 Å². The van der Waals surface area contributed by atoms with Gasteiger partial charge in [0, 0.05) is 78.0 Å². The van der Waals surface area contributed by atoms with Gasteiger partial charge < -0.3 is 15.4 Å². The zero-order valence-corrected chi connectivity index (χ0v) is 23.6. The SMILES string of the molecule is C1CC2(C1)CNC2.C1CN2CCOCC2CN1.c1ccc2c(c1)CNS2.c1ccc2c(c1)SCCS2. The van der Waals surface area contributed by atoms with Crippen molar-refractivity contribution in [3.8, 4) is 0 Å². The Morgan fingerprint density at radius 1 is 0.861 bits per heavy atom. The summed E-state index contributed by atoms with van der Waals surface area (Å²) in [6.45, 7) is 10.1. The predicted molar refractivity (Wildman–Crippen MR) is 155 cm³/mol. The molecule has 6 aliphatic rings. The molecule has 3 saturated heterocycles. The fourth-order valence-electron chi connectivity index (χ4n) is 5.10. The lowest BCUT2D eigenvalue weighted by molar-refractivity contribution is -0.0168. The van der Waals surface area contributed by atoms with Crippen LogP contribution >= 0.6 is 35.5 Å². The van der Waals surface area contributed by atoms with Gasteiger partial charge in [0.1, 0.15) is 0 Å². The highest BCUT2D eigenvalue weighted by Gasteiger charge is 2.41. The molecule has 1 saturated carbocycles. The first-order valence-corrected chi connectivity index (χ1v) is 16.2. The second-order valence-electron chi connectivity index (χ2n) is 10.1. The number of rotatable bonds is 0. The van der Waals surface area contributed by atoms with Crippen LogP contribution in [0.2, 0.25) is 0 Å². The van der Waals surface area contributed by atoms with Crippen molar-refractivity contribution in [1.29, 1.82) is 0 Å². The Hall–Kier alpha value is -0.710. The number of fused-ring (bicyclic) bond motifs is 3. The molecule has 0 aromatic heterocycles. The van der Waals surface area contributed by atoms with Crippen molar-refractivity contribution < 1.29 is 4.74 Å². The zero-order chi connectivity index (χ0) is 24.5. The molecular formula is C28H40N4OS3. The average Bonchev–Trinajstić information content (AvgIpc) is 3.37. The Morgan fingerprint density at radius 2 is 1.58 bits per heavy atom. The summed E-state index contributed by atoms with van der Waals surface area (Å²) in [6, 6.07) is 17.7. The molecule has 36 heavy (non-hydrogen) atoms. The van der Waals surface area contributed by atoms with Crippen molar-refractivity contribution in [2.75, 3.05) is 64.0 Å². The summed E-state index contributed by atoms with van der Waals surface area (Å²) < 4.78 is 8.56. The quantitative estimate of drug-likeness (QED) is 0.412. The minimum atomic E-state index is 0.655. The number of morpholine rings is 1. The molecule has 2 aromatic carbocycles. The van der Waals surface area contributed by atoms with Gasteiger partial charge in [-0.2, -0.15) is 0 Å². The van der Waals surface area contributed by atoms with Gasteiger partial charge in [0.2, 0.25) is 0 Å². The molecule has 1 spiro atoms. The van der Waals surface area contributed by atoms with Crippen LogP contribution in [0.4, 0.5) is 0 Å². The number of benzene rings is 2. The Bertz CT molecular complexity index is 864. The summed E-state index contributed by atoms with van der Waals surface area (Å²) >= 11 is 5.65. The lowest BCUT2D eigenvalue weighted by Gasteiger charge is -2.49. The summed E-state index contributed by atoms with van der Waals surface area (Å²) in [5, 5.41) is 6.67. The molecule has 196 valence electrons. The lowest BCUT2D eigenvalue weighted by Crippen LogP contribution is -2.57. The molecule has 5 heterocycles. The van der Waals surface area contributed by atoms with E-state index in [1.165, 1.54) is 70.7 Å². The molecule has 0 amide bonds. The Morgan fingerprint density at radius 3 is 2.17 bits per heavy atom. The second-order valence-corrected chi connectivity index (χ2v) is 13.3. The van der Waals surface area contributed by atoms with E-state index in [-0.39, 0.29) is 0 Å². The van der Waals surface area contributed by atoms with Crippen LogP contribution in [0.5, 0.6) is 0 Å². The van der Waals surface area contributed by atoms with Crippen molar-refractivity contribution >= 4 is 35.5 Å². The normalized spacial score (nSPS) is 24.9. The molecule has 1 atom stereocenters. The van der Waals surface area contributed by atoms with E-state index >= 15 is 0 Å². The van der Waals surface area contributed by atoms with Gasteiger partial charge in [-0.05, 0) is 54.0 Å². The van der Waals surface area contributed by atoms with Gasteiger partial charge in [0.05, 0.1) is 13.2 Å². The monoisotopic (exact) mass is 544 g/mol. The Labute approximate surface area is 229 Å². The summed E-state index contributed by atoms with van der Waals surface area (Å²) in [5.41, 5.74) is 2.25. The largest absolute Gasteiger partial charge is 0.378 e. The van der Waals surface area contributed by atoms with Gasteiger partial charge in [-0.3, -0.25) is 9.62 Å². The van der Waals surface area contributed by atoms with E-state index in [1.807, 2.05) is 23.5 Å². The molecule has 4 fully saturated rings. The van der Waals surface area contributed by atoms with Crippen LogP contribution < -0.4 is 15.4 Å². The summed E-state index contributed by atoms with van der Waals surface area (Å²) in [6.07, 6.45) is 4.49. The maximum atomic E-state index is 5.36. The average molecular weight is 545 g/mol. The third-order valence-corrected chi connectivity index (χ3v) is 11.0. The summed E-state index contributed by atoms with van der Waals surface area (Å²) in [7, 11) is 0. The van der Waals surface area contributed by atoms with Gasteiger partial charge in [-0.1, -0.05) is 36.8 Å². The van der Waals surface area contributed by atoms with E-state index < -0.39 is 0 Å². The van der Waals surface area contributed by atoms with Crippen LogP contribution in [-0.2, 0) is 11.3 Å². The first-order chi connectivity index (χ1) is 17.8. The smallest absolute Gasteiger partial charge is 0.0634 e. The maximum absolute atomic E-state index is 5.36. The van der Waals surface area contributed by atoms with E-state index in [0.717, 1.165) is 44.8 Å². The highest BCUT2D eigenvalue weighted by atomic mass is 32.2. The Balaban J connectivity index is 0.0000000995. The lowest BCUT2D eigenvalue weighted by atomic mass is 9.65. The molecule has 0 radical (unpaired) electrons. The summed E-state index contributed by atoms with van der Waals surface area (Å²) in [5.74, 6) is 2.53. The number of hydrogen-bond donors (Lipinski definition) is 3. The van der Waals surface area contributed by atoms with Crippen LogP contribution in [0.3, 0.4) is 0 Å². The van der Waals surface area contributed by atoms with E-state index in [9.17, 15) is 0 Å². The topological polar surface area (TPSA) is 48.6 Å². The van der Waals surface area contributed by atoms with Crippen molar-refractivity contribution in [3.63, 3.8) is 0 Å².